The predicted molar refractivity (Wildman–Crippen MR) is 141 cm³/mol. The molecule has 1 aromatic carbocycles. The Labute approximate surface area is 219 Å². The molecule has 1 aliphatic rings. The summed E-state index contributed by atoms with van der Waals surface area (Å²) in [5, 5.41) is 20.3. The van der Waals surface area contributed by atoms with Gasteiger partial charge in [0, 0.05) is 63.9 Å². The standard InChI is InChI=1S/C26H30F2N8O2/c1-30-12-18(11-29)24-23(28)25(36(34-24)20-6-4-3-5-7-20)33-26(37)32-22-16-35(8-9-38-2)15-21(22)17-10-19(27)14-31-13-17/h3-7,10-14,21-22,29-30H,8-9,15-16H2,1-2H3,(H2,32,33,37)/b18-12+,29-11?/t21-,22+/m0/s1. The van der Waals surface area contributed by atoms with Gasteiger partial charge in [0.1, 0.15) is 11.5 Å². The molecule has 12 heteroatoms. The minimum atomic E-state index is -0.784. The van der Waals surface area contributed by atoms with Gasteiger partial charge < -0.3 is 20.8 Å². The van der Waals surface area contributed by atoms with Crippen LogP contribution in [-0.4, -0.2) is 78.4 Å². The van der Waals surface area contributed by atoms with Crippen LogP contribution in [0.5, 0.6) is 0 Å². The molecule has 2 aromatic heterocycles. The van der Waals surface area contributed by atoms with Crippen LogP contribution in [0, 0.1) is 17.0 Å². The predicted octanol–water partition coefficient (Wildman–Crippen LogP) is 2.99. The highest BCUT2D eigenvalue weighted by molar-refractivity contribution is 6.08. The van der Waals surface area contributed by atoms with Gasteiger partial charge in [-0.05, 0) is 23.8 Å². The van der Waals surface area contributed by atoms with E-state index in [4.69, 9.17) is 10.1 Å². The quantitative estimate of drug-likeness (QED) is 0.303. The number of carbonyl (C=O) groups excluding carboxylic acids is 1. The van der Waals surface area contributed by atoms with Crippen molar-refractivity contribution < 1.29 is 18.3 Å². The molecule has 2 atom stereocenters. The van der Waals surface area contributed by atoms with E-state index in [9.17, 15) is 9.18 Å². The summed E-state index contributed by atoms with van der Waals surface area (Å²) < 4.78 is 36.0. The normalized spacial score (nSPS) is 17.8. The first kappa shape index (κ1) is 26.9. The number of nitrogens with one attached hydrogen (secondary N) is 4. The number of urea groups is 1. The number of nitrogens with zero attached hydrogens (tertiary/aromatic N) is 4. The Morgan fingerprint density at radius 2 is 2.03 bits per heavy atom. The first-order chi connectivity index (χ1) is 18.4. The van der Waals surface area contributed by atoms with Crippen molar-refractivity contribution in [1.29, 1.82) is 5.41 Å². The molecule has 3 aromatic rings. The maximum atomic E-state index is 15.6. The molecule has 0 saturated carbocycles. The minimum Gasteiger partial charge on any atom is -0.393 e. The number of halogens is 2. The molecule has 0 bridgehead atoms. The van der Waals surface area contributed by atoms with Gasteiger partial charge in [0.15, 0.2) is 11.6 Å². The van der Waals surface area contributed by atoms with Gasteiger partial charge in [-0.1, -0.05) is 18.2 Å². The highest BCUT2D eigenvalue weighted by Gasteiger charge is 2.35. The number of ether oxygens (including phenoxy) is 1. The maximum absolute atomic E-state index is 15.6. The lowest BCUT2D eigenvalue weighted by Gasteiger charge is -2.20. The molecule has 38 heavy (non-hydrogen) atoms. The molecule has 4 N–H and O–H groups in total. The van der Waals surface area contributed by atoms with E-state index in [1.54, 1.807) is 44.6 Å². The Morgan fingerprint density at radius 3 is 2.71 bits per heavy atom. The topological polar surface area (TPSA) is 120 Å². The monoisotopic (exact) mass is 524 g/mol. The average Bonchev–Trinajstić information content (AvgIpc) is 3.47. The van der Waals surface area contributed by atoms with Crippen LogP contribution in [0.25, 0.3) is 11.3 Å². The number of pyridine rings is 1. The highest BCUT2D eigenvalue weighted by Crippen LogP contribution is 2.29. The summed E-state index contributed by atoms with van der Waals surface area (Å²) in [6.07, 6.45) is 5.14. The van der Waals surface area contributed by atoms with Gasteiger partial charge in [-0.3, -0.25) is 15.2 Å². The second kappa shape index (κ2) is 12.4. The minimum absolute atomic E-state index is 0.0937. The van der Waals surface area contributed by atoms with Crippen molar-refractivity contribution in [3.63, 3.8) is 0 Å². The molecule has 1 aliphatic heterocycles. The number of hydrogen-bond donors (Lipinski definition) is 4. The SMILES string of the molecule is CN/C=C(\C=N)c1nn(-c2ccccc2)c(NC(=O)N[C@@H]2CN(CCOC)C[C@H]2c2cncc(F)c2)c1F. The molecule has 3 heterocycles. The smallest absolute Gasteiger partial charge is 0.320 e. The van der Waals surface area contributed by atoms with E-state index in [2.05, 4.69) is 30.9 Å². The van der Waals surface area contributed by atoms with Gasteiger partial charge >= 0.3 is 6.03 Å². The fraction of sp³-hybridized carbons (Fsp3) is 0.308. The van der Waals surface area contributed by atoms with Crippen LogP contribution in [0.3, 0.4) is 0 Å². The van der Waals surface area contributed by atoms with Gasteiger partial charge in [-0.15, -0.1) is 0 Å². The van der Waals surface area contributed by atoms with Crippen molar-refractivity contribution in [2.24, 2.45) is 0 Å². The van der Waals surface area contributed by atoms with E-state index in [1.807, 2.05) is 6.07 Å². The molecule has 4 rings (SSSR count). The second-order valence-electron chi connectivity index (χ2n) is 8.79. The molecular weight excluding hydrogens is 494 g/mol. The number of rotatable bonds is 10. The molecule has 0 spiro atoms. The van der Waals surface area contributed by atoms with Crippen molar-refractivity contribution in [3.8, 4) is 5.69 Å². The van der Waals surface area contributed by atoms with E-state index >= 15 is 4.39 Å². The van der Waals surface area contributed by atoms with Crippen molar-refractivity contribution >= 4 is 23.6 Å². The molecule has 10 nitrogen and oxygen atoms in total. The zero-order valence-electron chi connectivity index (χ0n) is 21.1. The van der Waals surface area contributed by atoms with Gasteiger partial charge in [0.25, 0.3) is 0 Å². The summed E-state index contributed by atoms with van der Waals surface area (Å²) in [4.78, 5) is 19.3. The van der Waals surface area contributed by atoms with Crippen LogP contribution in [0.4, 0.5) is 19.4 Å². The summed E-state index contributed by atoms with van der Waals surface area (Å²) in [5.74, 6) is -1.65. The fourth-order valence-electron chi connectivity index (χ4n) is 4.50. The zero-order chi connectivity index (χ0) is 27.1. The van der Waals surface area contributed by atoms with E-state index in [0.29, 0.717) is 37.5 Å². The first-order valence-electron chi connectivity index (χ1n) is 12.1. The number of carbonyl (C=O) groups is 1. The van der Waals surface area contributed by atoms with E-state index in [1.165, 1.54) is 16.9 Å². The third-order valence-corrected chi connectivity index (χ3v) is 6.27. The largest absolute Gasteiger partial charge is 0.393 e. The number of hydrogen-bond acceptors (Lipinski definition) is 7. The van der Waals surface area contributed by atoms with Crippen molar-refractivity contribution in [2.75, 3.05) is 45.7 Å². The number of anilines is 1. The molecule has 1 saturated heterocycles. The molecule has 0 radical (unpaired) electrons. The fourth-order valence-corrected chi connectivity index (χ4v) is 4.50. The lowest BCUT2D eigenvalue weighted by Crippen LogP contribution is -2.42. The van der Waals surface area contributed by atoms with Gasteiger partial charge in [-0.2, -0.15) is 5.10 Å². The van der Waals surface area contributed by atoms with Crippen LogP contribution < -0.4 is 16.0 Å². The lowest BCUT2D eigenvalue weighted by atomic mass is 9.96. The number of benzene rings is 1. The first-order valence-corrected chi connectivity index (χ1v) is 12.1. The van der Waals surface area contributed by atoms with Crippen molar-refractivity contribution in [2.45, 2.75) is 12.0 Å². The average molecular weight is 525 g/mol. The van der Waals surface area contributed by atoms with Crippen LogP contribution in [0.15, 0.2) is 55.0 Å². The van der Waals surface area contributed by atoms with Gasteiger partial charge in [-0.25, -0.2) is 18.3 Å². The number of likely N-dealkylation sites (tertiary alicyclic amines) is 1. The Balaban J connectivity index is 1.61. The number of aromatic nitrogens is 3. The van der Waals surface area contributed by atoms with Crippen molar-refractivity contribution in [3.05, 3.63) is 77.9 Å². The number of allylic oxidation sites excluding steroid dienone is 1. The molecule has 200 valence electrons. The maximum Gasteiger partial charge on any atom is 0.320 e. The Hall–Kier alpha value is -4.16. The Kier molecular flexibility index (Phi) is 8.77. The Bertz CT molecular complexity index is 1300. The number of methoxy groups -OCH3 is 1. The molecular formula is C26H30F2N8O2. The van der Waals surface area contributed by atoms with Gasteiger partial charge in [0.05, 0.1) is 24.5 Å². The van der Waals surface area contributed by atoms with Crippen LogP contribution >= 0.6 is 0 Å². The molecule has 0 unspecified atom stereocenters. The van der Waals surface area contributed by atoms with Crippen LogP contribution in [-0.2, 0) is 4.74 Å². The Morgan fingerprint density at radius 1 is 1.24 bits per heavy atom. The van der Waals surface area contributed by atoms with Crippen molar-refractivity contribution in [1.82, 2.24) is 30.3 Å². The number of para-hydroxylation sites is 1. The molecule has 2 amide bonds. The third kappa shape index (κ3) is 6.03. The van der Waals surface area contributed by atoms with E-state index in [0.717, 1.165) is 12.4 Å². The molecule has 0 aliphatic carbocycles. The molecule has 1 fully saturated rings. The van der Waals surface area contributed by atoms with E-state index in [-0.39, 0.29) is 23.0 Å². The second-order valence-corrected chi connectivity index (χ2v) is 8.79. The number of amides is 2. The van der Waals surface area contributed by atoms with Crippen LogP contribution in [0.1, 0.15) is 17.2 Å². The summed E-state index contributed by atoms with van der Waals surface area (Å²) in [6, 6.07) is 9.17. The highest BCUT2D eigenvalue weighted by atomic mass is 19.1. The summed E-state index contributed by atoms with van der Waals surface area (Å²) in [5.41, 5.74) is 1.29. The summed E-state index contributed by atoms with van der Waals surface area (Å²) in [7, 11) is 3.24. The summed E-state index contributed by atoms with van der Waals surface area (Å²) >= 11 is 0. The van der Waals surface area contributed by atoms with Gasteiger partial charge in [0.2, 0.25) is 0 Å². The van der Waals surface area contributed by atoms with Crippen LogP contribution in [0.2, 0.25) is 0 Å². The lowest BCUT2D eigenvalue weighted by molar-refractivity contribution is 0.159. The third-order valence-electron chi connectivity index (χ3n) is 6.27. The summed E-state index contributed by atoms with van der Waals surface area (Å²) in [6.45, 7) is 2.20. The van der Waals surface area contributed by atoms with E-state index < -0.39 is 23.7 Å². The zero-order valence-corrected chi connectivity index (χ0v) is 21.1.